The van der Waals surface area contributed by atoms with E-state index in [-0.39, 0.29) is 17.5 Å². The molecule has 0 heterocycles. The Kier molecular flexibility index (Phi) is 3.87. The first-order valence-electron chi connectivity index (χ1n) is 4.35. The molecule has 0 aromatic carbocycles. The molecule has 0 saturated carbocycles. The minimum Gasteiger partial charge on any atom is -0.285 e. The predicted octanol–water partition coefficient (Wildman–Crippen LogP) is 1.83. The van der Waals surface area contributed by atoms with E-state index in [9.17, 15) is 9.59 Å². The number of rotatable bonds is 2. The third kappa shape index (κ3) is 3.42. The quantitative estimate of drug-likeness (QED) is 0.480. The highest BCUT2D eigenvalue weighted by molar-refractivity contribution is 6.06. The molecule has 0 aliphatic rings. The Morgan fingerprint density at radius 1 is 1.15 bits per heavy atom. The highest BCUT2D eigenvalue weighted by atomic mass is 16.1. The van der Waals surface area contributed by atoms with Crippen LogP contribution in [0.25, 0.3) is 0 Å². The van der Waals surface area contributed by atoms with Crippen molar-refractivity contribution in [2.45, 2.75) is 34.6 Å². The van der Waals surface area contributed by atoms with Gasteiger partial charge in [0.15, 0.2) is 0 Å². The van der Waals surface area contributed by atoms with Crippen LogP contribution in [-0.4, -0.2) is 11.6 Å². The zero-order valence-electron chi connectivity index (χ0n) is 8.89. The van der Waals surface area contributed by atoms with Gasteiger partial charge < -0.3 is 0 Å². The van der Waals surface area contributed by atoms with Gasteiger partial charge in [-0.1, -0.05) is 27.7 Å². The highest BCUT2D eigenvalue weighted by Gasteiger charge is 2.29. The van der Waals surface area contributed by atoms with Crippen LogP contribution < -0.4 is 0 Å². The molecular formula is C11H16O2. The van der Waals surface area contributed by atoms with Crippen LogP contribution in [0.1, 0.15) is 34.6 Å². The third-order valence-corrected chi connectivity index (χ3v) is 2.38. The molecule has 0 N–H and O–H groups in total. The molecule has 0 amide bonds. The van der Waals surface area contributed by atoms with E-state index in [4.69, 9.17) is 0 Å². The molecular weight excluding hydrogens is 164 g/mol. The van der Waals surface area contributed by atoms with Crippen LogP contribution in [0.2, 0.25) is 0 Å². The van der Waals surface area contributed by atoms with Crippen molar-refractivity contribution in [2.24, 2.45) is 11.3 Å². The number of hydrogen-bond acceptors (Lipinski definition) is 2. The zero-order valence-corrected chi connectivity index (χ0v) is 8.89. The summed E-state index contributed by atoms with van der Waals surface area (Å²) >= 11 is 0. The second kappa shape index (κ2) is 4.23. The molecule has 0 rings (SSSR count). The number of hydrogen-bond donors (Lipinski definition) is 0. The lowest BCUT2D eigenvalue weighted by atomic mass is 9.77. The van der Waals surface area contributed by atoms with E-state index in [1.165, 1.54) is 6.92 Å². The van der Waals surface area contributed by atoms with Crippen LogP contribution in [-0.2, 0) is 9.59 Å². The van der Waals surface area contributed by atoms with Gasteiger partial charge in [-0.05, 0) is 17.8 Å². The van der Waals surface area contributed by atoms with Gasteiger partial charge in [0.2, 0.25) is 11.6 Å². The van der Waals surface area contributed by atoms with Gasteiger partial charge in [-0.15, -0.1) is 0 Å². The van der Waals surface area contributed by atoms with E-state index >= 15 is 0 Å². The van der Waals surface area contributed by atoms with Crippen LogP contribution in [0.15, 0.2) is 0 Å². The fourth-order valence-corrected chi connectivity index (χ4v) is 0.568. The molecule has 0 aliphatic heterocycles. The van der Waals surface area contributed by atoms with Crippen LogP contribution in [0, 0.1) is 23.2 Å². The second-order valence-electron chi connectivity index (χ2n) is 4.01. The summed E-state index contributed by atoms with van der Waals surface area (Å²) in [7, 11) is 0. The standard InChI is InChI=1S/C11H16O2/c1-8(2)11(4,5)10(13)7-6-9(3)12/h8H,1-5H3. The Bertz CT molecular complexity index is 274. The maximum Gasteiger partial charge on any atom is 0.211 e. The SMILES string of the molecule is CC(=O)C#CC(=O)C(C)(C)C(C)C. The van der Waals surface area contributed by atoms with E-state index in [2.05, 4.69) is 11.8 Å². The van der Waals surface area contributed by atoms with E-state index in [0.29, 0.717) is 0 Å². The molecule has 0 radical (unpaired) electrons. The number of Topliss-reactive ketones (excluding diaryl/α,β-unsaturated/α-hetero) is 2. The molecule has 0 saturated heterocycles. The molecule has 0 aromatic rings. The Labute approximate surface area is 79.7 Å². The molecule has 0 aliphatic carbocycles. The molecule has 13 heavy (non-hydrogen) atoms. The topological polar surface area (TPSA) is 34.1 Å². The molecule has 2 heteroatoms. The van der Waals surface area contributed by atoms with E-state index < -0.39 is 5.41 Å². The summed E-state index contributed by atoms with van der Waals surface area (Å²) in [6.45, 7) is 8.97. The Hall–Kier alpha value is -1.10. The van der Waals surface area contributed by atoms with Crippen LogP contribution in [0.4, 0.5) is 0 Å². The van der Waals surface area contributed by atoms with Crippen molar-refractivity contribution < 1.29 is 9.59 Å². The van der Waals surface area contributed by atoms with Crippen molar-refractivity contribution in [3.63, 3.8) is 0 Å². The van der Waals surface area contributed by atoms with Crippen molar-refractivity contribution in [1.82, 2.24) is 0 Å². The first kappa shape index (κ1) is 11.9. The van der Waals surface area contributed by atoms with Crippen LogP contribution in [0.5, 0.6) is 0 Å². The lowest BCUT2D eigenvalue weighted by molar-refractivity contribution is -0.123. The molecule has 0 bridgehead atoms. The molecule has 0 atom stereocenters. The van der Waals surface area contributed by atoms with Gasteiger partial charge in [0.1, 0.15) is 0 Å². The zero-order chi connectivity index (χ0) is 10.6. The molecule has 0 spiro atoms. The molecule has 72 valence electrons. The number of carbonyl (C=O) groups is 2. The highest BCUT2D eigenvalue weighted by Crippen LogP contribution is 2.26. The van der Waals surface area contributed by atoms with Gasteiger partial charge in [-0.3, -0.25) is 9.59 Å². The first-order valence-corrected chi connectivity index (χ1v) is 4.35. The Morgan fingerprint density at radius 3 is 1.92 bits per heavy atom. The minimum atomic E-state index is -0.470. The largest absolute Gasteiger partial charge is 0.285 e. The van der Waals surface area contributed by atoms with Gasteiger partial charge in [0.25, 0.3) is 0 Å². The first-order chi connectivity index (χ1) is 5.78. The van der Waals surface area contributed by atoms with Gasteiger partial charge >= 0.3 is 0 Å². The van der Waals surface area contributed by atoms with Gasteiger partial charge in [-0.2, -0.15) is 0 Å². The predicted molar refractivity (Wildman–Crippen MR) is 52.1 cm³/mol. The number of carbonyl (C=O) groups excluding carboxylic acids is 2. The van der Waals surface area contributed by atoms with Gasteiger partial charge in [-0.25, -0.2) is 0 Å². The van der Waals surface area contributed by atoms with Gasteiger partial charge in [0.05, 0.1) is 0 Å². The van der Waals surface area contributed by atoms with Crippen LogP contribution in [0.3, 0.4) is 0 Å². The summed E-state index contributed by atoms with van der Waals surface area (Å²) in [5.74, 6) is 4.42. The fourth-order valence-electron chi connectivity index (χ4n) is 0.568. The minimum absolute atomic E-state index is 0.169. The van der Waals surface area contributed by atoms with Crippen molar-refractivity contribution in [1.29, 1.82) is 0 Å². The van der Waals surface area contributed by atoms with E-state index in [0.717, 1.165) is 0 Å². The maximum atomic E-state index is 11.5. The second-order valence-corrected chi connectivity index (χ2v) is 4.01. The average Bonchev–Trinajstić information content (AvgIpc) is 1.99. The smallest absolute Gasteiger partial charge is 0.211 e. The fraction of sp³-hybridized carbons (Fsp3) is 0.636. The summed E-state index contributed by atoms with van der Waals surface area (Å²) in [5, 5.41) is 0. The molecule has 2 nitrogen and oxygen atoms in total. The van der Waals surface area contributed by atoms with Crippen molar-refractivity contribution in [3.8, 4) is 11.8 Å². The number of ketones is 2. The lowest BCUT2D eigenvalue weighted by Gasteiger charge is -2.24. The van der Waals surface area contributed by atoms with E-state index in [1.807, 2.05) is 27.7 Å². The summed E-state index contributed by atoms with van der Waals surface area (Å²) in [6.07, 6.45) is 0. The average molecular weight is 180 g/mol. The van der Waals surface area contributed by atoms with Crippen molar-refractivity contribution in [2.75, 3.05) is 0 Å². The summed E-state index contributed by atoms with van der Waals surface area (Å²) in [4.78, 5) is 22.0. The Morgan fingerprint density at radius 2 is 1.62 bits per heavy atom. The van der Waals surface area contributed by atoms with Crippen molar-refractivity contribution >= 4 is 11.6 Å². The Balaban J connectivity index is 4.65. The van der Waals surface area contributed by atoms with Crippen LogP contribution >= 0.6 is 0 Å². The lowest BCUT2D eigenvalue weighted by Crippen LogP contribution is -2.28. The normalized spacial score (nSPS) is 10.6. The third-order valence-electron chi connectivity index (χ3n) is 2.38. The van der Waals surface area contributed by atoms with Crippen molar-refractivity contribution in [3.05, 3.63) is 0 Å². The van der Waals surface area contributed by atoms with Gasteiger partial charge in [0, 0.05) is 12.3 Å². The summed E-state index contributed by atoms with van der Waals surface area (Å²) < 4.78 is 0. The molecule has 0 fully saturated rings. The molecule has 0 aromatic heterocycles. The van der Waals surface area contributed by atoms with E-state index in [1.54, 1.807) is 0 Å². The molecule has 0 unspecified atom stereocenters. The monoisotopic (exact) mass is 180 g/mol. The maximum absolute atomic E-state index is 11.5. The summed E-state index contributed by atoms with van der Waals surface area (Å²) in [6, 6.07) is 0. The summed E-state index contributed by atoms with van der Waals surface area (Å²) in [5.41, 5.74) is -0.470.